The normalized spacial score (nSPS) is 18.4. The van der Waals surface area contributed by atoms with Gasteiger partial charge in [0.15, 0.2) is 0 Å². The van der Waals surface area contributed by atoms with Crippen LogP contribution in [0.4, 0.5) is 5.69 Å². The Hall–Kier alpha value is -1.55. The molecule has 1 N–H and O–H groups in total. The summed E-state index contributed by atoms with van der Waals surface area (Å²) in [5, 5.41) is 3.46. The van der Waals surface area contributed by atoms with Crippen LogP contribution in [-0.4, -0.2) is 29.3 Å². The minimum absolute atomic E-state index is 0.0359. The number of nitrogens with zero attached hydrogens (tertiary/aromatic N) is 1. The summed E-state index contributed by atoms with van der Waals surface area (Å²) in [4.78, 5) is 25.6. The molecule has 2 rings (SSSR count). The number of anilines is 1. The largest absolute Gasteiger partial charge is 0.331 e. The highest BCUT2D eigenvalue weighted by molar-refractivity contribution is 6.30. The van der Waals surface area contributed by atoms with Gasteiger partial charge < -0.3 is 10.2 Å². The van der Waals surface area contributed by atoms with Crippen molar-refractivity contribution in [1.29, 1.82) is 0 Å². The molecule has 1 aromatic carbocycles. The smallest absolute Gasteiger partial charge is 0.247 e. The van der Waals surface area contributed by atoms with Gasteiger partial charge in [-0.2, -0.15) is 0 Å². The third-order valence-corrected chi connectivity index (χ3v) is 3.54. The maximum absolute atomic E-state index is 12.2. The molecule has 0 unspecified atom stereocenters. The molecule has 2 amide bonds. The van der Waals surface area contributed by atoms with Gasteiger partial charge in [-0.1, -0.05) is 18.5 Å². The lowest BCUT2D eigenvalue weighted by atomic mass is 10.2. The summed E-state index contributed by atoms with van der Waals surface area (Å²) in [5.74, 6) is -0.0876. The first-order chi connectivity index (χ1) is 9.11. The number of rotatable bonds is 3. The molecule has 0 bridgehead atoms. The standard InChI is InChI=1S/C14H17ClN2O2/c1-2-13(18)17-9-3-4-12(17)14(19)16-11-7-5-10(15)6-8-11/h5-8,12H,2-4,9H2,1H3,(H,16,19)/t12-/m1/s1. The maximum Gasteiger partial charge on any atom is 0.247 e. The molecule has 0 aliphatic carbocycles. The third-order valence-electron chi connectivity index (χ3n) is 3.29. The van der Waals surface area contributed by atoms with E-state index in [0.717, 1.165) is 12.8 Å². The van der Waals surface area contributed by atoms with Gasteiger partial charge in [0.1, 0.15) is 6.04 Å². The Balaban J connectivity index is 2.03. The van der Waals surface area contributed by atoms with Crippen LogP contribution in [0.1, 0.15) is 26.2 Å². The summed E-state index contributed by atoms with van der Waals surface area (Å²) in [6.45, 7) is 2.49. The van der Waals surface area contributed by atoms with E-state index in [-0.39, 0.29) is 17.9 Å². The number of hydrogen-bond donors (Lipinski definition) is 1. The molecule has 4 nitrogen and oxygen atoms in total. The highest BCUT2D eigenvalue weighted by Crippen LogP contribution is 2.20. The van der Waals surface area contributed by atoms with Crippen LogP contribution in [-0.2, 0) is 9.59 Å². The SMILES string of the molecule is CCC(=O)N1CCC[C@@H]1C(=O)Nc1ccc(Cl)cc1. The van der Waals surface area contributed by atoms with Gasteiger partial charge in [-0.15, -0.1) is 0 Å². The summed E-state index contributed by atoms with van der Waals surface area (Å²) in [5.41, 5.74) is 0.699. The Bertz CT molecular complexity index is 473. The molecular weight excluding hydrogens is 264 g/mol. The quantitative estimate of drug-likeness (QED) is 0.925. The van der Waals surface area contributed by atoms with Crippen LogP contribution >= 0.6 is 11.6 Å². The summed E-state index contributed by atoms with van der Waals surface area (Å²) < 4.78 is 0. The van der Waals surface area contributed by atoms with Crippen molar-refractivity contribution >= 4 is 29.1 Å². The van der Waals surface area contributed by atoms with E-state index in [9.17, 15) is 9.59 Å². The zero-order chi connectivity index (χ0) is 13.8. The zero-order valence-corrected chi connectivity index (χ0v) is 11.6. The molecule has 1 saturated heterocycles. The first-order valence-electron chi connectivity index (χ1n) is 6.47. The van der Waals surface area contributed by atoms with E-state index >= 15 is 0 Å². The molecule has 1 atom stereocenters. The van der Waals surface area contributed by atoms with Crippen LogP contribution in [0.3, 0.4) is 0 Å². The van der Waals surface area contributed by atoms with Gasteiger partial charge in [-0.3, -0.25) is 9.59 Å². The fourth-order valence-electron chi connectivity index (χ4n) is 2.30. The van der Waals surface area contributed by atoms with Crippen LogP contribution in [0.25, 0.3) is 0 Å². The molecule has 5 heteroatoms. The minimum atomic E-state index is -0.344. The Morgan fingerprint density at radius 1 is 1.37 bits per heavy atom. The van der Waals surface area contributed by atoms with Crippen molar-refractivity contribution in [3.8, 4) is 0 Å². The first-order valence-corrected chi connectivity index (χ1v) is 6.85. The molecule has 1 aliphatic heterocycles. The Morgan fingerprint density at radius 2 is 2.05 bits per heavy atom. The lowest BCUT2D eigenvalue weighted by Gasteiger charge is -2.23. The van der Waals surface area contributed by atoms with E-state index in [0.29, 0.717) is 23.7 Å². The van der Waals surface area contributed by atoms with Gasteiger partial charge in [0, 0.05) is 23.7 Å². The monoisotopic (exact) mass is 280 g/mol. The maximum atomic E-state index is 12.2. The van der Waals surface area contributed by atoms with Gasteiger partial charge in [-0.25, -0.2) is 0 Å². The minimum Gasteiger partial charge on any atom is -0.331 e. The molecular formula is C14H17ClN2O2. The number of benzene rings is 1. The molecule has 102 valence electrons. The van der Waals surface area contributed by atoms with Gasteiger partial charge >= 0.3 is 0 Å². The van der Waals surface area contributed by atoms with E-state index in [1.54, 1.807) is 29.2 Å². The summed E-state index contributed by atoms with van der Waals surface area (Å²) in [7, 11) is 0. The van der Waals surface area contributed by atoms with Gasteiger partial charge in [0.25, 0.3) is 0 Å². The molecule has 0 saturated carbocycles. The van der Waals surface area contributed by atoms with Crippen molar-refractivity contribution in [3.05, 3.63) is 29.3 Å². The van der Waals surface area contributed by atoms with Gasteiger partial charge in [0.05, 0.1) is 0 Å². The number of carbonyl (C=O) groups is 2. The van der Waals surface area contributed by atoms with Crippen molar-refractivity contribution in [2.24, 2.45) is 0 Å². The lowest BCUT2D eigenvalue weighted by molar-refractivity contribution is -0.136. The highest BCUT2D eigenvalue weighted by Gasteiger charge is 2.33. The summed E-state index contributed by atoms with van der Waals surface area (Å²) in [6, 6.07) is 6.60. The van der Waals surface area contributed by atoms with E-state index in [2.05, 4.69) is 5.32 Å². The Morgan fingerprint density at radius 3 is 2.68 bits per heavy atom. The van der Waals surface area contributed by atoms with Gasteiger partial charge in [0.2, 0.25) is 11.8 Å². The van der Waals surface area contributed by atoms with E-state index in [1.165, 1.54) is 0 Å². The summed E-state index contributed by atoms with van der Waals surface area (Å²) in [6.07, 6.45) is 2.04. The number of hydrogen-bond acceptors (Lipinski definition) is 2. The average molecular weight is 281 g/mol. The van der Waals surface area contributed by atoms with Crippen molar-refractivity contribution < 1.29 is 9.59 Å². The van der Waals surface area contributed by atoms with E-state index in [1.807, 2.05) is 6.92 Å². The second-order valence-electron chi connectivity index (χ2n) is 4.59. The van der Waals surface area contributed by atoms with Crippen LogP contribution in [0.15, 0.2) is 24.3 Å². The number of nitrogens with one attached hydrogen (secondary N) is 1. The van der Waals surface area contributed by atoms with E-state index < -0.39 is 0 Å². The topological polar surface area (TPSA) is 49.4 Å². The molecule has 19 heavy (non-hydrogen) atoms. The van der Waals surface area contributed by atoms with Crippen LogP contribution in [0.2, 0.25) is 5.02 Å². The molecule has 0 aromatic heterocycles. The highest BCUT2D eigenvalue weighted by atomic mass is 35.5. The number of halogens is 1. The predicted molar refractivity (Wildman–Crippen MR) is 75.1 cm³/mol. The second kappa shape index (κ2) is 6.06. The average Bonchev–Trinajstić information content (AvgIpc) is 2.90. The number of likely N-dealkylation sites (tertiary alicyclic amines) is 1. The second-order valence-corrected chi connectivity index (χ2v) is 5.03. The van der Waals surface area contributed by atoms with Crippen LogP contribution < -0.4 is 5.32 Å². The van der Waals surface area contributed by atoms with Crippen molar-refractivity contribution in [2.45, 2.75) is 32.2 Å². The number of amides is 2. The van der Waals surface area contributed by atoms with E-state index in [4.69, 9.17) is 11.6 Å². The molecule has 1 fully saturated rings. The lowest BCUT2D eigenvalue weighted by Crippen LogP contribution is -2.42. The first kappa shape index (κ1) is 13.9. The summed E-state index contributed by atoms with van der Waals surface area (Å²) >= 11 is 5.79. The zero-order valence-electron chi connectivity index (χ0n) is 10.9. The van der Waals surface area contributed by atoms with Crippen molar-refractivity contribution in [3.63, 3.8) is 0 Å². The Labute approximate surface area is 117 Å². The Kier molecular flexibility index (Phi) is 4.43. The fraction of sp³-hybridized carbons (Fsp3) is 0.429. The third kappa shape index (κ3) is 3.26. The number of carbonyl (C=O) groups excluding carboxylic acids is 2. The van der Waals surface area contributed by atoms with Crippen molar-refractivity contribution in [2.75, 3.05) is 11.9 Å². The molecule has 1 heterocycles. The van der Waals surface area contributed by atoms with Crippen LogP contribution in [0, 0.1) is 0 Å². The molecule has 0 radical (unpaired) electrons. The predicted octanol–water partition coefficient (Wildman–Crippen LogP) is 2.68. The van der Waals surface area contributed by atoms with Gasteiger partial charge in [-0.05, 0) is 37.1 Å². The molecule has 0 spiro atoms. The molecule has 1 aliphatic rings. The molecule has 1 aromatic rings. The van der Waals surface area contributed by atoms with Crippen LogP contribution in [0.5, 0.6) is 0 Å². The van der Waals surface area contributed by atoms with Crippen molar-refractivity contribution in [1.82, 2.24) is 4.90 Å². The fourth-order valence-corrected chi connectivity index (χ4v) is 2.43.